The van der Waals surface area contributed by atoms with E-state index in [2.05, 4.69) is 15.3 Å². The Labute approximate surface area is 110 Å². The first-order valence-corrected chi connectivity index (χ1v) is 6.13. The van der Waals surface area contributed by atoms with Gasteiger partial charge in [-0.3, -0.25) is 10.1 Å². The van der Waals surface area contributed by atoms with Gasteiger partial charge in [0.25, 0.3) is 5.88 Å². The predicted octanol–water partition coefficient (Wildman–Crippen LogP) is 1.08. The molecule has 0 bridgehead atoms. The average molecular weight is 267 g/mol. The molecule has 3 N–H and O–H groups in total. The molecule has 104 valence electrons. The van der Waals surface area contributed by atoms with Gasteiger partial charge in [-0.2, -0.15) is 4.98 Å². The first kappa shape index (κ1) is 13.5. The number of anilines is 1. The van der Waals surface area contributed by atoms with Gasteiger partial charge < -0.3 is 15.8 Å². The number of methoxy groups -OCH3 is 1. The molecular formula is C11H17N5O3. The molecule has 1 heterocycles. The number of nitrogens with two attached hydrogens (primary N) is 1. The van der Waals surface area contributed by atoms with Crippen molar-refractivity contribution in [1.82, 2.24) is 9.97 Å². The summed E-state index contributed by atoms with van der Waals surface area (Å²) in [4.78, 5) is 18.3. The molecule has 0 atom stereocenters. The zero-order valence-electron chi connectivity index (χ0n) is 10.8. The van der Waals surface area contributed by atoms with E-state index in [9.17, 15) is 10.1 Å². The van der Waals surface area contributed by atoms with Gasteiger partial charge in [-0.25, -0.2) is 4.98 Å². The first-order chi connectivity index (χ1) is 9.12. The van der Waals surface area contributed by atoms with Crippen LogP contribution in [0.15, 0.2) is 6.33 Å². The van der Waals surface area contributed by atoms with Crippen molar-refractivity contribution in [3.63, 3.8) is 0 Å². The quantitative estimate of drug-likeness (QED) is 0.605. The van der Waals surface area contributed by atoms with Crippen LogP contribution in [-0.2, 0) is 0 Å². The Balaban J connectivity index is 2.36. The zero-order valence-corrected chi connectivity index (χ0v) is 10.8. The molecule has 1 aromatic rings. The molecule has 0 unspecified atom stereocenters. The summed E-state index contributed by atoms with van der Waals surface area (Å²) < 4.78 is 4.91. The normalized spacial score (nSPS) is 17.2. The number of ether oxygens (including phenoxy) is 1. The lowest BCUT2D eigenvalue weighted by molar-refractivity contribution is -0.385. The smallest absolute Gasteiger partial charge is 0.372 e. The van der Waals surface area contributed by atoms with E-state index in [0.717, 1.165) is 25.7 Å². The Bertz CT molecular complexity index is 473. The molecule has 0 aliphatic heterocycles. The topological polar surface area (TPSA) is 116 Å². The van der Waals surface area contributed by atoms with E-state index in [-0.39, 0.29) is 22.9 Å². The van der Waals surface area contributed by atoms with E-state index in [4.69, 9.17) is 10.5 Å². The fourth-order valence-electron chi connectivity index (χ4n) is 2.45. The number of hydrogen-bond donors (Lipinski definition) is 2. The largest absolute Gasteiger partial charge is 0.476 e. The van der Waals surface area contributed by atoms with Gasteiger partial charge in [0, 0.05) is 6.54 Å². The minimum absolute atomic E-state index is 0.0485. The van der Waals surface area contributed by atoms with Gasteiger partial charge in [0.05, 0.1) is 17.6 Å². The molecule has 19 heavy (non-hydrogen) atoms. The molecule has 8 heteroatoms. The molecule has 1 fully saturated rings. The minimum atomic E-state index is -0.541. The maximum Gasteiger partial charge on any atom is 0.372 e. The van der Waals surface area contributed by atoms with Crippen LogP contribution >= 0.6 is 0 Å². The van der Waals surface area contributed by atoms with Gasteiger partial charge in [-0.1, -0.05) is 12.8 Å². The highest BCUT2D eigenvalue weighted by atomic mass is 16.6. The standard InChI is InChI=1S/C11H17N5O3/c1-19-10-8(16(17)18)9(13-7-14-10)15-11(6-12)4-2-3-5-11/h7H,2-6,12H2,1H3,(H,13,14,15). The molecule has 1 aromatic heterocycles. The zero-order chi connectivity index (χ0) is 13.9. The van der Waals surface area contributed by atoms with Gasteiger partial charge >= 0.3 is 5.69 Å². The van der Waals surface area contributed by atoms with E-state index in [1.54, 1.807) is 0 Å². The van der Waals surface area contributed by atoms with Gasteiger partial charge in [0.15, 0.2) is 0 Å². The van der Waals surface area contributed by atoms with Crippen molar-refractivity contribution < 1.29 is 9.66 Å². The number of aromatic nitrogens is 2. The Hall–Kier alpha value is -1.96. The van der Waals surface area contributed by atoms with Crippen LogP contribution in [0.3, 0.4) is 0 Å². The summed E-state index contributed by atoms with van der Waals surface area (Å²) >= 11 is 0. The number of hydrogen-bond acceptors (Lipinski definition) is 7. The van der Waals surface area contributed by atoms with Crippen LogP contribution in [0.25, 0.3) is 0 Å². The minimum Gasteiger partial charge on any atom is -0.476 e. The number of nitrogens with one attached hydrogen (secondary N) is 1. The number of nitro groups is 1. The average Bonchev–Trinajstić information content (AvgIpc) is 2.87. The predicted molar refractivity (Wildman–Crippen MR) is 69.1 cm³/mol. The SMILES string of the molecule is COc1ncnc(NC2(CN)CCCC2)c1[N+](=O)[O-]. The van der Waals surface area contributed by atoms with Crippen molar-refractivity contribution in [3.8, 4) is 5.88 Å². The summed E-state index contributed by atoms with van der Waals surface area (Å²) in [6.45, 7) is 0.413. The summed E-state index contributed by atoms with van der Waals surface area (Å²) in [6, 6.07) is 0. The Kier molecular flexibility index (Phi) is 3.79. The summed E-state index contributed by atoms with van der Waals surface area (Å²) in [5.74, 6) is 0.122. The third kappa shape index (κ3) is 2.58. The van der Waals surface area contributed by atoms with E-state index in [1.807, 2.05) is 0 Å². The monoisotopic (exact) mass is 267 g/mol. The second kappa shape index (κ2) is 5.35. The molecule has 0 spiro atoms. The highest BCUT2D eigenvalue weighted by Crippen LogP contribution is 2.37. The Morgan fingerprint density at radius 2 is 2.21 bits per heavy atom. The molecule has 0 radical (unpaired) electrons. The fourth-order valence-corrected chi connectivity index (χ4v) is 2.45. The molecule has 0 aromatic carbocycles. The van der Waals surface area contributed by atoms with Crippen molar-refractivity contribution in [3.05, 3.63) is 16.4 Å². The molecule has 8 nitrogen and oxygen atoms in total. The van der Waals surface area contributed by atoms with Gasteiger partial charge in [0.2, 0.25) is 5.82 Å². The van der Waals surface area contributed by atoms with E-state index >= 15 is 0 Å². The first-order valence-electron chi connectivity index (χ1n) is 6.13. The molecule has 1 aliphatic rings. The number of nitrogens with zero attached hydrogens (tertiary/aromatic N) is 3. The van der Waals surface area contributed by atoms with E-state index < -0.39 is 4.92 Å². The third-order valence-electron chi connectivity index (χ3n) is 3.50. The lowest BCUT2D eigenvalue weighted by Crippen LogP contribution is -2.43. The van der Waals surface area contributed by atoms with Crippen LogP contribution in [0.2, 0.25) is 0 Å². The Morgan fingerprint density at radius 3 is 2.74 bits per heavy atom. The van der Waals surface area contributed by atoms with Crippen LogP contribution in [0.4, 0.5) is 11.5 Å². The van der Waals surface area contributed by atoms with Crippen LogP contribution in [0.5, 0.6) is 5.88 Å². The Morgan fingerprint density at radius 1 is 1.53 bits per heavy atom. The second-order valence-corrected chi connectivity index (χ2v) is 4.65. The maximum atomic E-state index is 11.1. The van der Waals surface area contributed by atoms with Gasteiger partial charge in [-0.05, 0) is 12.8 Å². The van der Waals surface area contributed by atoms with Crippen LogP contribution in [0, 0.1) is 10.1 Å². The summed E-state index contributed by atoms with van der Waals surface area (Å²) in [5, 5.41) is 14.3. The summed E-state index contributed by atoms with van der Waals surface area (Å²) in [7, 11) is 1.34. The van der Waals surface area contributed by atoms with Crippen LogP contribution in [0.1, 0.15) is 25.7 Å². The maximum absolute atomic E-state index is 11.1. The van der Waals surface area contributed by atoms with Crippen molar-refractivity contribution >= 4 is 11.5 Å². The van der Waals surface area contributed by atoms with Crippen LogP contribution < -0.4 is 15.8 Å². The molecule has 0 saturated heterocycles. The lowest BCUT2D eigenvalue weighted by atomic mass is 9.98. The molecule has 1 aliphatic carbocycles. The van der Waals surface area contributed by atoms with E-state index in [1.165, 1.54) is 13.4 Å². The highest BCUT2D eigenvalue weighted by Gasteiger charge is 2.36. The fraction of sp³-hybridized carbons (Fsp3) is 0.636. The third-order valence-corrected chi connectivity index (χ3v) is 3.50. The summed E-state index contributed by atoms with van der Waals surface area (Å²) in [6.07, 6.45) is 5.12. The van der Waals surface area contributed by atoms with Crippen molar-refractivity contribution in [2.24, 2.45) is 5.73 Å². The van der Waals surface area contributed by atoms with Crippen LogP contribution in [-0.4, -0.2) is 34.1 Å². The number of rotatable bonds is 5. The van der Waals surface area contributed by atoms with Crippen molar-refractivity contribution in [2.75, 3.05) is 19.0 Å². The van der Waals surface area contributed by atoms with Crippen molar-refractivity contribution in [1.29, 1.82) is 0 Å². The molecule has 0 amide bonds. The second-order valence-electron chi connectivity index (χ2n) is 4.65. The highest BCUT2D eigenvalue weighted by molar-refractivity contribution is 5.62. The molecular weight excluding hydrogens is 250 g/mol. The molecule has 2 rings (SSSR count). The van der Waals surface area contributed by atoms with Gasteiger partial charge in [0.1, 0.15) is 6.33 Å². The van der Waals surface area contributed by atoms with Crippen molar-refractivity contribution in [2.45, 2.75) is 31.2 Å². The van der Waals surface area contributed by atoms with E-state index in [0.29, 0.717) is 6.54 Å². The summed E-state index contributed by atoms with van der Waals surface area (Å²) in [5.41, 5.74) is 5.25. The molecule has 1 saturated carbocycles. The van der Waals surface area contributed by atoms with Gasteiger partial charge in [-0.15, -0.1) is 0 Å². The lowest BCUT2D eigenvalue weighted by Gasteiger charge is -2.28.